The molecule has 0 N–H and O–H groups in total. The van der Waals surface area contributed by atoms with Crippen LogP contribution in [0.3, 0.4) is 0 Å². The van der Waals surface area contributed by atoms with Crippen LogP contribution in [-0.4, -0.2) is 5.78 Å². The predicted molar refractivity (Wildman–Crippen MR) is 76.4 cm³/mol. The van der Waals surface area contributed by atoms with Crippen molar-refractivity contribution in [3.05, 3.63) is 34.1 Å². The van der Waals surface area contributed by atoms with E-state index in [9.17, 15) is 9.18 Å². The maximum Gasteiger partial charge on any atom is 0.164 e. The van der Waals surface area contributed by atoms with Gasteiger partial charge in [-0.3, -0.25) is 4.79 Å². The van der Waals surface area contributed by atoms with Crippen molar-refractivity contribution < 1.29 is 9.18 Å². The van der Waals surface area contributed by atoms with E-state index in [0.29, 0.717) is 22.4 Å². The van der Waals surface area contributed by atoms with Crippen LogP contribution < -0.4 is 0 Å². The maximum atomic E-state index is 13.0. The third kappa shape index (κ3) is 4.52. The third-order valence-electron chi connectivity index (χ3n) is 3.25. The van der Waals surface area contributed by atoms with Gasteiger partial charge in [0.2, 0.25) is 0 Å². The molecule has 0 bridgehead atoms. The van der Waals surface area contributed by atoms with Gasteiger partial charge in [-0.2, -0.15) is 0 Å². The molecule has 18 heavy (non-hydrogen) atoms. The normalized spacial score (nSPS) is 12.4. The molecule has 0 aliphatic carbocycles. The first-order valence-electron chi connectivity index (χ1n) is 6.56. The van der Waals surface area contributed by atoms with Crippen molar-refractivity contribution in [2.24, 2.45) is 5.92 Å². The molecular weight excluding hydrogens is 295 g/mol. The molecule has 0 spiro atoms. The van der Waals surface area contributed by atoms with E-state index < -0.39 is 0 Å². The van der Waals surface area contributed by atoms with E-state index >= 15 is 0 Å². The fourth-order valence-corrected chi connectivity index (χ4v) is 2.60. The van der Waals surface area contributed by atoms with Crippen molar-refractivity contribution in [2.75, 3.05) is 0 Å². The molecule has 1 atom stereocenters. The third-order valence-corrected chi connectivity index (χ3v) is 3.90. The molecule has 1 unspecified atom stereocenters. The summed E-state index contributed by atoms with van der Waals surface area (Å²) in [6, 6.07) is 4.25. The summed E-state index contributed by atoms with van der Waals surface area (Å²) in [6.07, 6.45) is 4.99. The number of ketones is 1. The molecule has 0 aromatic heterocycles. The standard InChI is InChI=1S/C15H20BrFO/c1-3-5-6-11(4-2)9-15(18)13-8-7-12(17)10-14(13)16/h7-8,10-11H,3-6,9H2,1-2H3. The lowest BCUT2D eigenvalue weighted by Crippen LogP contribution is -2.09. The number of hydrogen-bond acceptors (Lipinski definition) is 1. The number of benzene rings is 1. The molecule has 100 valence electrons. The molecule has 1 nitrogen and oxygen atoms in total. The predicted octanol–water partition coefficient (Wildman–Crippen LogP) is 5.38. The van der Waals surface area contributed by atoms with Crippen molar-refractivity contribution in [1.82, 2.24) is 0 Å². The SMILES string of the molecule is CCCCC(CC)CC(=O)c1ccc(F)cc1Br. The van der Waals surface area contributed by atoms with E-state index in [0.717, 1.165) is 25.7 Å². The molecule has 0 aliphatic heterocycles. The zero-order valence-electron chi connectivity index (χ0n) is 11.0. The van der Waals surface area contributed by atoms with Crippen LogP contribution >= 0.6 is 15.9 Å². The average molecular weight is 315 g/mol. The fourth-order valence-electron chi connectivity index (χ4n) is 2.03. The summed E-state index contributed by atoms with van der Waals surface area (Å²) in [6.45, 7) is 4.28. The lowest BCUT2D eigenvalue weighted by Gasteiger charge is -2.14. The Morgan fingerprint density at radius 3 is 2.67 bits per heavy atom. The molecule has 0 fully saturated rings. The van der Waals surface area contributed by atoms with Crippen molar-refractivity contribution in [3.8, 4) is 0 Å². The largest absolute Gasteiger partial charge is 0.294 e. The number of carbonyl (C=O) groups excluding carboxylic acids is 1. The Morgan fingerprint density at radius 2 is 2.11 bits per heavy atom. The Kier molecular flexibility index (Phi) is 6.55. The lowest BCUT2D eigenvalue weighted by molar-refractivity contribution is 0.0956. The highest BCUT2D eigenvalue weighted by Crippen LogP contribution is 2.24. The first-order chi connectivity index (χ1) is 8.58. The first kappa shape index (κ1) is 15.4. The van der Waals surface area contributed by atoms with E-state index in [1.807, 2.05) is 0 Å². The summed E-state index contributed by atoms with van der Waals surface area (Å²) in [5.41, 5.74) is 0.589. The van der Waals surface area contributed by atoms with Crippen LogP contribution in [-0.2, 0) is 0 Å². The molecule has 0 aliphatic rings. The highest BCUT2D eigenvalue weighted by molar-refractivity contribution is 9.10. The summed E-state index contributed by atoms with van der Waals surface area (Å²) < 4.78 is 13.5. The molecule has 1 rings (SSSR count). The lowest BCUT2D eigenvalue weighted by atomic mass is 9.91. The molecule has 0 saturated heterocycles. The van der Waals surface area contributed by atoms with Crippen molar-refractivity contribution >= 4 is 21.7 Å². The van der Waals surface area contributed by atoms with Crippen LogP contribution in [0.25, 0.3) is 0 Å². The van der Waals surface area contributed by atoms with Crippen LogP contribution in [0.2, 0.25) is 0 Å². The number of carbonyl (C=O) groups is 1. The van der Waals surface area contributed by atoms with E-state index in [1.54, 1.807) is 6.07 Å². The molecule has 0 saturated carbocycles. The van der Waals surface area contributed by atoms with Crippen LogP contribution in [0, 0.1) is 11.7 Å². The van der Waals surface area contributed by atoms with Crippen molar-refractivity contribution in [3.63, 3.8) is 0 Å². The number of hydrogen-bond donors (Lipinski definition) is 0. The highest BCUT2D eigenvalue weighted by atomic mass is 79.9. The van der Waals surface area contributed by atoms with Crippen LogP contribution in [0.1, 0.15) is 56.3 Å². The molecule has 0 radical (unpaired) electrons. The number of rotatable bonds is 7. The Balaban J connectivity index is 2.68. The minimum Gasteiger partial charge on any atom is -0.294 e. The quantitative estimate of drug-likeness (QED) is 0.618. The monoisotopic (exact) mass is 314 g/mol. The van der Waals surface area contributed by atoms with Gasteiger partial charge in [0.15, 0.2) is 5.78 Å². The smallest absolute Gasteiger partial charge is 0.164 e. The van der Waals surface area contributed by atoms with Crippen LogP contribution in [0.5, 0.6) is 0 Å². The summed E-state index contributed by atoms with van der Waals surface area (Å²) in [4.78, 5) is 12.2. The molecule has 0 heterocycles. The topological polar surface area (TPSA) is 17.1 Å². The Bertz CT molecular complexity index is 403. The van der Waals surface area contributed by atoms with E-state index in [4.69, 9.17) is 0 Å². The molecule has 3 heteroatoms. The Hall–Kier alpha value is -0.700. The van der Waals surface area contributed by atoms with E-state index in [1.165, 1.54) is 12.1 Å². The van der Waals surface area contributed by atoms with Gasteiger partial charge >= 0.3 is 0 Å². The van der Waals surface area contributed by atoms with Gasteiger partial charge in [0.1, 0.15) is 5.82 Å². The first-order valence-corrected chi connectivity index (χ1v) is 7.36. The summed E-state index contributed by atoms with van der Waals surface area (Å²) in [5, 5.41) is 0. The zero-order valence-corrected chi connectivity index (χ0v) is 12.6. The summed E-state index contributed by atoms with van der Waals surface area (Å²) in [5.74, 6) is 0.218. The summed E-state index contributed by atoms with van der Waals surface area (Å²) >= 11 is 3.25. The Morgan fingerprint density at radius 1 is 1.39 bits per heavy atom. The number of halogens is 2. The fraction of sp³-hybridized carbons (Fsp3) is 0.533. The molecule has 0 amide bonds. The number of Topliss-reactive ketones (excluding diaryl/α,β-unsaturated/α-hetero) is 1. The van der Waals surface area contributed by atoms with Gasteiger partial charge in [0.05, 0.1) is 0 Å². The Labute approximate surface area is 117 Å². The van der Waals surface area contributed by atoms with Gasteiger partial charge in [0, 0.05) is 16.5 Å². The molecule has 1 aromatic rings. The van der Waals surface area contributed by atoms with Crippen molar-refractivity contribution in [1.29, 1.82) is 0 Å². The van der Waals surface area contributed by atoms with Gasteiger partial charge in [-0.05, 0) is 40.0 Å². The average Bonchev–Trinajstić information content (AvgIpc) is 2.34. The van der Waals surface area contributed by atoms with Gasteiger partial charge in [-0.15, -0.1) is 0 Å². The van der Waals surface area contributed by atoms with E-state index in [-0.39, 0.29) is 11.6 Å². The maximum absolute atomic E-state index is 13.0. The van der Waals surface area contributed by atoms with E-state index in [2.05, 4.69) is 29.8 Å². The second-order valence-electron chi connectivity index (χ2n) is 4.67. The van der Waals surface area contributed by atoms with Gasteiger partial charge in [0.25, 0.3) is 0 Å². The van der Waals surface area contributed by atoms with Crippen LogP contribution in [0.15, 0.2) is 22.7 Å². The zero-order chi connectivity index (χ0) is 13.5. The van der Waals surface area contributed by atoms with Crippen LogP contribution in [0.4, 0.5) is 4.39 Å². The highest BCUT2D eigenvalue weighted by Gasteiger charge is 2.16. The molecule has 1 aromatic carbocycles. The minimum atomic E-state index is -0.323. The second-order valence-corrected chi connectivity index (χ2v) is 5.52. The van der Waals surface area contributed by atoms with Crippen molar-refractivity contribution in [2.45, 2.75) is 46.0 Å². The van der Waals surface area contributed by atoms with Gasteiger partial charge in [-0.25, -0.2) is 4.39 Å². The minimum absolute atomic E-state index is 0.102. The summed E-state index contributed by atoms with van der Waals surface area (Å²) in [7, 11) is 0. The second kappa shape index (κ2) is 7.67. The molecular formula is C15H20BrFO. The van der Waals surface area contributed by atoms with Gasteiger partial charge in [-0.1, -0.05) is 39.5 Å². The van der Waals surface area contributed by atoms with Gasteiger partial charge < -0.3 is 0 Å². The number of unbranched alkanes of at least 4 members (excludes halogenated alkanes) is 1.